The molecular weight excluding hydrogens is 598 g/mol. The van der Waals surface area contributed by atoms with Crippen molar-refractivity contribution in [2.24, 2.45) is 5.73 Å². The van der Waals surface area contributed by atoms with Crippen molar-refractivity contribution in [3.05, 3.63) is 69.0 Å². The van der Waals surface area contributed by atoms with Crippen LogP contribution < -0.4 is 5.73 Å². The molecule has 4 nitrogen and oxygen atoms in total. The first-order valence-electron chi connectivity index (χ1n) is 9.59. The SMILES string of the molecule is C=C/C(Cl)=C\C([NH-])CC.[NH-]CC(CCN1CCC(N)C1)c1ccc(Cl)c(Cl)c1.[W+2]. The van der Waals surface area contributed by atoms with Crippen LogP contribution in [0.2, 0.25) is 10.0 Å². The Morgan fingerprint density at radius 2 is 2.07 bits per heavy atom. The monoisotopic (exact) mass is 628 g/mol. The summed E-state index contributed by atoms with van der Waals surface area (Å²) in [5, 5.41) is 1.71. The zero-order valence-corrected chi connectivity index (χ0v) is 22.0. The third kappa shape index (κ3) is 11.3. The van der Waals surface area contributed by atoms with Crippen molar-refractivity contribution >= 4 is 34.8 Å². The van der Waals surface area contributed by atoms with Crippen LogP contribution in [0.3, 0.4) is 0 Å². The van der Waals surface area contributed by atoms with Gasteiger partial charge in [-0.3, -0.25) is 0 Å². The molecule has 1 heterocycles. The van der Waals surface area contributed by atoms with Crippen molar-refractivity contribution in [3.8, 4) is 0 Å². The molecule has 162 valence electrons. The summed E-state index contributed by atoms with van der Waals surface area (Å²) >= 11 is 17.5. The quantitative estimate of drug-likeness (QED) is 0.326. The fraction of sp³-hybridized carbons (Fsp3) is 0.524. The maximum atomic E-state index is 7.72. The zero-order chi connectivity index (χ0) is 21.1. The van der Waals surface area contributed by atoms with E-state index in [9.17, 15) is 0 Å². The molecule has 29 heavy (non-hydrogen) atoms. The van der Waals surface area contributed by atoms with Gasteiger partial charge in [0.05, 0.1) is 10.0 Å². The van der Waals surface area contributed by atoms with Crippen LogP contribution in [0.1, 0.15) is 37.7 Å². The molecule has 0 spiro atoms. The topological polar surface area (TPSA) is 76.9 Å². The van der Waals surface area contributed by atoms with Gasteiger partial charge in [-0.1, -0.05) is 72.9 Å². The molecule has 0 bridgehead atoms. The van der Waals surface area contributed by atoms with Gasteiger partial charge in [0.15, 0.2) is 0 Å². The smallest absolute Gasteiger partial charge is 0.677 e. The summed E-state index contributed by atoms with van der Waals surface area (Å²) in [5.41, 5.74) is 22.0. The minimum absolute atomic E-state index is 0. The number of benzene rings is 1. The minimum Gasteiger partial charge on any atom is -0.677 e. The molecule has 3 atom stereocenters. The van der Waals surface area contributed by atoms with E-state index in [-0.39, 0.29) is 33.0 Å². The Kier molecular flexibility index (Phi) is 15.9. The summed E-state index contributed by atoms with van der Waals surface area (Å²) in [6.45, 7) is 8.84. The van der Waals surface area contributed by atoms with E-state index in [0.29, 0.717) is 27.7 Å². The number of allylic oxidation sites excluding steroid dienone is 2. The first kappa shape index (κ1) is 29.1. The fourth-order valence-electron chi connectivity index (χ4n) is 2.94. The van der Waals surface area contributed by atoms with Crippen molar-refractivity contribution < 1.29 is 21.1 Å². The second kappa shape index (κ2) is 15.8. The Balaban J connectivity index is 0.000000672. The Labute approximate surface area is 205 Å². The summed E-state index contributed by atoms with van der Waals surface area (Å²) < 4.78 is 0. The summed E-state index contributed by atoms with van der Waals surface area (Å²) in [4.78, 5) is 2.38. The van der Waals surface area contributed by atoms with Crippen molar-refractivity contribution in [2.75, 3.05) is 26.2 Å². The third-order valence-corrected chi connectivity index (χ3v) is 5.78. The molecule has 1 aromatic carbocycles. The van der Waals surface area contributed by atoms with E-state index in [1.165, 1.54) is 0 Å². The Bertz CT molecular complexity index is 642. The van der Waals surface area contributed by atoms with E-state index < -0.39 is 0 Å². The van der Waals surface area contributed by atoms with Crippen LogP contribution in [0, 0.1) is 0 Å². The predicted molar refractivity (Wildman–Crippen MR) is 125 cm³/mol. The molecule has 0 radical (unpaired) electrons. The molecule has 1 aliphatic rings. The Morgan fingerprint density at radius 1 is 1.38 bits per heavy atom. The fourth-order valence-corrected chi connectivity index (χ4v) is 3.39. The zero-order valence-electron chi connectivity index (χ0n) is 16.8. The molecule has 0 amide bonds. The van der Waals surface area contributed by atoms with Crippen LogP contribution >= 0.6 is 34.8 Å². The molecule has 4 N–H and O–H groups in total. The molecule has 1 aliphatic heterocycles. The van der Waals surface area contributed by atoms with Crippen LogP contribution in [0.4, 0.5) is 0 Å². The first-order chi connectivity index (χ1) is 13.3. The Hall–Kier alpha value is 0.0983. The van der Waals surface area contributed by atoms with Crippen LogP contribution in [-0.4, -0.2) is 43.2 Å². The molecule has 8 heteroatoms. The average Bonchev–Trinajstić information content (AvgIpc) is 3.10. The minimum atomic E-state index is -0.185. The largest absolute Gasteiger partial charge is 2.00 e. The predicted octanol–water partition coefficient (Wildman–Crippen LogP) is 6.68. The summed E-state index contributed by atoms with van der Waals surface area (Å²) in [6.07, 6.45) is 6.06. The first-order valence-corrected chi connectivity index (χ1v) is 10.7. The molecule has 3 unspecified atom stereocenters. The maximum absolute atomic E-state index is 7.72. The molecular formula is C21H31Cl3N4W. The Morgan fingerprint density at radius 3 is 2.55 bits per heavy atom. The molecule has 1 fully saturated rings. The molecule has 0 aliphatic carbocycles. The third-order valence-electron chi connectivity index (χ3n) is 4.76. The number of rotatable bonds is 8. The van der Waals surface area contributed by atoms with Gasteiger partial charge in [0.25, 0.3) is 0 Å². The maximum Gasteiger partial charge on any atom is 2.00 e. The summed E-state index contributed by atoms with van der Waals surface area (Å²) in [7, 11) is 0. The second-order valence-corrected chi connectivity index (χ2v) is 8.23. The van der Waals surface area contributed by atoms with Gasteiger partial charge in [-0.15, -0.1) is 12.6 Å². The van der Waals surface area contributed by atoms with Gasteiger partial charge in [-0.05, 0) is 49.5 Å². The van der Waals surface area contributed by atoms with Crippen molar-refractivity contribution in [1.82, 2.24) is 4.90 Å². The number of nitrogens with one attached hydrogen (secondary N) is 2. The standard InChI is InChI=1S/C14H20Cl2N3.C7H11ClN.W/c15-13-2-1-10(7-14(13)16)11(8-17)3-5-19-6-4-12(18)9-19;1-3-6(8)5-7(9)4-2;/h1-2,7,11-12,17H,3-6,8-9,18H2;3,5,7,9H,1,4H2,2H3;/q2*-1;+2/b;6-5+;. The van der Waals surface area contributed by atoms with Crippen LogP contribution in [0.5, 0.6) is 0 Å². The van der Waals surface area contributed by atoms with E-state index in [2.05, 4.69) is 11.5 Å². The van der Waals surface area contributed by atoms with Crippen molar-refractivity contribution in [1.29, 1.82) is 0 Å². The van der Waals surface area contributed by atoms with Crippen molar-refractivity contribution in [2.45, 2.75) is 44.2 Å². The number of hydrogen-bond acceptors (Lipinski definition) is 2. The van der Waals surface area contributed by atoms with Crippen molar-refractivity contribution in [3.63, 3.8) is 0 Å². The van der Waals surface area contributed by atoms with Crippen LogP contribution in [0.15, 0.2) is 42.0 Å². The molecule has 1 aromatic rings. The molecule has 0 aromatic heterocycles. The van der Waals surface area contributed by atoms with E-state index in [1.54, 1.807) is 12.2 Å². The number of likely N-dealkylation sites (tertiary alicyclic amines) is 1. The number of hydrogen-bond donors (Lipinski definition) is 1. The van der Waals surface area contributed by atoms with Gasteiger partial charge in [-0.2, -0.15) is 0 Å². The van der Waals surface area contributed by atoms with Gasteiger partial charge in [0.1, 0.15) is 0 Å². The average molecular weight is 630 g/mol. The number of nitrogens with zero attached hydrogens (tertiary/aromatic N) is 1. The summed E-state index contributed by atoms with van der Waals surface area (Å²) in [6, 6.07) is 5.81. The van der Waals surface area contributed by atoms with Gasteiger partial charge in [-0.25, -0.2) is 0 Å². The van der Waals surface area contributed by atoms with Gasteiger partial charge in [0, 0.05) is 17.6 Å². The van der Waals surface area contributed by atoms with Gasteiger partial charge < -0.3 is 22.1 Å². The van der Waals surface area contributed by atoms with Gasteiger partial charge in [0.2, 0.25) is 0 Å². The molecule has 0 saturated carbocycles. The van der Waals surface area contributed by atoms with Crippen LogP contribution in [-0.2, 0) is 21.1 Å². The normalized spacial score (nSPS) is 19.0. The van der Waals surface area contributed by atoms with Crippen LogP contribution in [0.25, 0.3) is 11.5 Å². The number of nitrogens with two attached hydrogens (primary N) is 1. The van der Waals surface area contributed by atoms with E-state index in [0.717, 1.165) is 44.5 Å². The molecule has 1 saturated heterocycles. The van der Waals surface area contributed by atoms with Gasteiger partial charge >= 0.3 is 21.1 Å². The van der Waals surface area contributed by atoms with E-state index >= 15 is 0 Å². The molecule has 2 rings (SSSR count). The summed E-state index contributed by atoms with van der Waals surface area (Å²) in [5.74, 6) is 0.214. The second-order valence-electron chi connectivity index (χ2n) is 6.98. The van der Waals surface area contributed by atoms with E-state index in [4.69, 9.17) is 52.0 Å². The number of halogens is 3. The van der Waals surface area contributed by atoms with E-state index in [1.807, 2.05) is 25.1 Å².